The summed E-state index contributed by atoms with van der Waals surface area (Å²) in [5.41, 5.74) is 3.24. The SMILES string of the molecule is CCn1cc(NC(=O)C2C/C(=C/F)CC/C2=C\Cl)ccc1=O. The quantitative estimate of drug-likeness (QED) is 0.924. The molecule has 6 heteroatoms. The summed E-state index contributed by atoms with van der Waals surface area (Å²) in [5, 5.41) is 2.77. The van der Waals surface area contributed by atoms with Gasteiger partial charge in [0.15, 0.2) is 0 Å². The van der Waals surface area contributed by atoms with Crippen LogP contribution in [0.25, 0.3) is 0 Å². The van der Waals surface area contributed by atoms with E-state index in [1.54, 1.807) is 12.3 Å². The predicted molar refractivity (Wildman–Crippen MR) is 85.5 cm³/mol. The van der Waals surface area contributed by atoms with Gasteiger partial charge in [-0.3, -0.25) is 9.59 Å². The van der Waals surface area contributed by atoms with Gasteiger partial charge in [-0.1, -0.05) is 11.6 Å². The number of hydrogen-bond acceptors (Lipinski definition) is 2. The van der Waals surface area contributed by atoms with E-state index in [1.165, 1.54) is 16.2 Å². The standard InChI is InChI=1S/C16H18ClFN2O2/c1-2-20-10-13(5-6-15(20)21)19-16(22)14-7-11(9-18)3-4-12(14)8-17/h5-6,8-10,14H,2-4,7H2,1H3,(H,19,22)/b11-9+,12-8+. The molecular formula is C16H18ClFN2O2. The van der Waals surface area contributed by atoms with Crippen molar-refractivity contribution in [1.82, 2.24) is 4.57 Å². The molecule has 1 aromatic heterocycles. The largest absolute Gasteiger partial charge is 0.324 e. The molecule has 1 fully saturated rings. The molecule has 0 spiro atoms. The lowest BCUT2D eigenvalue weighted by Crippen LogP contribution is -2.28. The number of nitrogens with zero attached hydrogens (tertiary/aromatic N) is 1. The molecule has 1 aromatic rings. The molecule has 0 saturated heterocycles. The van der Waals surface area contributed by atoms with Crippen molar-refractivity contribution in [1.29, 1.82) is 0 Å². The fourth-order valence-electron chi connectivity index (χ4n) is 2.55. The maximum absolute atomic E-state index is 12.7. The first kappa shape index (κ1) is 16.5. The number of amides is 1. The number of aromatic nitrogens is 1. The third-order valence-electron chi connectivity index (χ3n) is 3.85. The van der Waals surface area contributed by atoms with E-state index in [-0.39, 0.29) is 11.5 Å². The van der Waals surface area contributed by atoms with Crippen LogP contribution >= 0.6 is 11.6 Å². The molecule has 1 aliphatic carbocycles. The van der Waals surface area contributed by atoms with Crippen molar-refractivity contribution >= 4 is 23.2 Å². The summed E-state index contributed by atoms with van der Waals surface area (Å²) >= 11 is 5.78. The van der Waals surface area contributed by atoms with Crippen LogP contribution in [0, 0.1) is 5.92 Å². The second-order valence-electron chi connectivity index (χ2n) is 5.24. The number of pyridine rings is 1. The molecule has 22 heavy (non-hydrogen) atoms. The Bertz CT molecular complexity index is 679. The van der Waals surface area contributed by atoms with E-state index in [0.717, 1.165) is 5.57 Å². The molecule has 0 radical (unpaired) electrons. The van der Waals surface area contributed by atoms with E-state index < -0.39 is 5.92 Å². The maximum Gasteiger partial charge on any atom is 0.250 e. The van der Waals surface area contributed by atoms with Crippen LogP contribution in [0.1, 0.15) is 26.2 Å². The van der Waals surface area contributed by atoms with Gasteiger partial charge in [0.1, 0.15) is 0 Å². The third kappa shape index (κ3) is 3.65. The van der Waals surface area contributed by atoms with Gasteiger partial charge in [0, 0.05) is 24.3 Å². The molecule has 0 bridgehead atoms. The summed E-state index contributed by atoms with van der Waals surface area (Å²) in [5.74, 6) is -0.720. The molecule has 1 amide bonds. The molecule has 0 aliphatic heterocycles. The van der Waals surface area contributed by atoms with Crippen LogP contribution in [-0.4, -0.2) is 10.5 Å². The summed E-state index contributed by atoms with van der Waals surface area (Å²) in [6.45, 7) is 2.37. The van der Waals surface area contributed by atoms with Crippen LogP contribution < -0.4 is 10.9 Å². The minimum atomic E-state index is -0.477. The molecule has 2 rings (SSSR count). The van der Waals surface area contributed by atoms with Crippen molar-refractivity contribution in [3.63, 3.8) is 0 Å². The minimum absolute atomic E-state index is 0.123. The van der Waals surface area contributed by atoms with Gasteiger partial charge in [0.05, 0.1) is 17.9 Å². The van der Waals surface area contributed by atoms with Crippen LogP contribution in [0.15, 0.2) is 46.1 Å². The Hall–Kier alpha value is -1.88. The van der Waals surface area contributed by atoms with Crippen molar-refractivity contribution in [3.05, 3.63) is 51.7 Å². The van der Waals surface area contributed by atoms with Crippen LogP contribution in [0.4, 0.5) is 10.1 Å². The van der Waals surface area contributed by atoms with Crippen molar-refractivity contribution in [3.8, 4) is 0 Å². The van der Waals surface area contributed by atoms with Crippen LogP contribution in [0.5, 0.6) is 0 Å². The second-order valence-corrected chi connectivity index (χ2v) is 5.46. The monoisotopic (exact) mass is 324 g/mol. The van der Waals surface area contributed by atoms with Crippen LogP contribution in [-0.2, 0) is 11.3 Å². The zero-order chi connectivity index (χ0) is 16.1. The average molecular weight is 325 g/mol. The lowest BCUT2D eigenvalue weighted by atomic mass is 9.82. The first-order valence-electron chi connectivity index (χ1n) is 7.17. The summed E-state index contributed by atoms with van der Waals surface area (Å²) < 4.78 is 14.2. The van der Waals surface area contributed by atoms with Crippen LogP contribution in [0.3, 0.4) is 0 Å². The maximum atomic E-state index is 12.7. The molecule has 1 saturated carbocycles. The third-order valence-corrected chi connectivity index (χ3v) is 4.13. The Morgan fingerprint density at radius 1 is 1.50 bits per heavy atom. The van der Waals surface area contributed by atoms with Gasteiger partial charge in [0.25, 0.3) is 5.56 Å². The summed E-state index contributed by atoms with van der Waals surface area (Å²) in [6, 6.07) is 2.97. The topological polar surface area (TPSA) is 51.1 Å². The first-order chi connectivity index (χ1) is 10.6. The van der Waals surface area contributed by atoms with Gasteiger partial charge in [-0.05, 0) is 43.4 Å². The van der Waals surface area contributed by atoms with Gasteiger partial charge in [-0.25, -0.2) is 4.39 Å². The van der Waals surface area contributed by atoms with Crippen molar-refractivity contribution in [2.24, 2.45) is 5.92 Å². The molecule has 1 aliphatic rings. The van der Waals surface area contributed by atoms with Gasteiger partial charge in [-0.15, -0.1) is 0 Å². The second kappa shape index (κ2) is 7.40. The Balaban J connectivity index is 2.18. The number of rotatable bonds is 3. The molecule has 1 heterocycles. The summed E-state index contributed by atoms with van der Waals surface area (Å²) in [4.78, 5) is 24.0. The molecule has 118 valence electrons. The summed E-state index contributed by atoms with van der Waals surface area (Å²) in [7, 11) is 0. The predicted octanol–water partition coefficient (Wildman–Crippen LogP) is 3.58. The smallest absolute Gasteiger partial charge is 0.250 e. The van der Waals surface area contributed by atoms with E-state index in [9.17, 15) is 14.0 Å². The molecule has 1 atom stereocenters. The summed E-state index contributed by atoms with van der Waals surface area (Å²) in [6.07, 6.45) is 3.65. The number of nitrogens with one attached hydrogen (secondary N) is 1. The molecule has 4 nitrogen and oxygen atoms in total. The Morgan fingerprint density at radius 2 is 2.27 bits per heavy atom. The lowest BCUT2D eigenvalue weighted by molar-refractivity contribution is -0.119. The number of aryl methyl sites for hydroxylation is 1. The van der Waals surface area contributed by atoms with E-state index in [4.69, 9.17) is 11.6 Å². The fraction of sp³-hybridized carbons (Fsp3) is 0.375. The van der Waals surface area contributed by atoms with Gasteiger partial charge in [-0.2, -0.15) is 0 Å². The van der Waals surface area contributed by atoms with Crippen molar-refractivity contribution < 1.29 is 9.18 Å². The van der Waals surface area contributed by atoms with Crippen molar-refractivity contribution in [2.45, 2.75) is 32.7 Å². The van der Waals surface area contributed by atoms with E-state index in [2.05, 4.69) is 5.32 Å². The van der Waals surface area contributed by atoms with Crippen molar-refractivity contribution in [2.75, 3.05) is 5.32 Å². The highest BCUT2D eigenvalue weighted by Gasteiger charge is 2.28. The van der Waals surface area contributed by atoms with Gasteiger partial charge in [0.2, 0.25) is 5.91 Å². The molecule has 1 N–H and O–H groups in total. The van der Waals surface area contributed by atoms with E-state index in [0.29, 0.717) is 43.4 Å². The zero-order valence-electron chi connectivity index (χ0n) is 12.3. The van der Waals surface area contributed by atoms with Gasteiger partial charge < -0.3 is 9.88 Å². The highest BCUT2D eigenvalue weighted by Crippen LogP contribution is 2.34. The van der Waals surface area contributed by atoms with E-state index >= 15 is 0 Å². The number of halogens is 2. The highest BCUT2D eigenvalue weighted by molar-refractivity contribution is 6.26. The lowest BCUT2D eigenvalue weighted by Gasteiger charge is -2.25. The number of allylic oxidation sites excluding steroid dienone is 1. The highest BCUT2D eigenvalue weighted by atomic mass is 35.5. The molecular weight excluding hydrogens is 307 g/mol. The Kier molecular flexibility index (Phi) is 5.55. The number of hydrogen-bond donors (Lipinski definition) is 1. The van der Waals surface area contributed by atoms with E-state index in [1.807, 2.05) is 6.92 Å². The molecule has 1 unspecified atom stereocenters. The fourth-order valence-corrected chi connectivity index (χ4v) is 2.81. The normalized spacial score (nSPS) is 22.0. The Morgan fingerprint density at radius 3 is 2.91 bits per heavy atom. The number of carbonyl (C=O) groups is 1. The number of anilines is 1. The minimum Gasteiger partial charge on any atom is -0.324 e. The first-order valence-corrected chi connectivity index (χ1v) is 7.61. The van der Waals surface area contributed by atoms with Crippen LogP contribution in [0.2, 0.25) is 0 Å². The molecule has 0 aromatic carbocycles. The zero-order valence-corrected chi connectivity index (χ0v) is 13.1. The number of carbonyl (C=O) groups excluding carboxylic acids is 1. The average Bonchev–Trinajstić information content (AvgIpc) is 2.55. The van der Waals surface area contributed by atoms with Gasteiger partial charge >= 0.3 is 0 Å². The Labute approximate surface area is 133 Å².